The third-order valence-corrected chi connectivity index (χ3v) is 8.97. The van der Waals surface area contributed by atoms with Crippen molar-refractivity contribution in [1.29, 1.82) is 0 Å². The van der Waals surface area contributed by atoms with Crippen molar-refractivity contribution in [2.45, 2.75) is 32.7 Å². The van der Waals surface area contributed by atoms with Crippen molar-refractivity contribution in [3.63, 3.8) is 0 Å². The molecule has 0 bridgehead atoms. The summed E-state index contributed by atoms with van der Waals surface area (Å²) in [5.41, 5.74) is 1.05. The molecule has 2 aromatic rings. The van der Waals surface area contributed by atoms with E-state index in [0.717, 1.165) is 36.5 Å². The summed E-state index contributed by atoms with van der Waals surface area (Å²) in [6.07, 6.45) is 2.09. The van der Waals surface area contributed by atoms with Crippen LogP contribution in [0.15, 0.2) is 24.3 Å². The number of para-hydroxylation sites is 1. The summed E-state index contributed by atoms with van der Waals surface area (Å²) in [5, 5.41) is 1.11. The highest BCUT2D eigenvalue weighted by Crippen LogP contribution is 2.30. The van der Waals surface area contributed by atoms with Crippen LogP contribution in [0.25, 0.3) is 10.2 Å². The second-order valence-corrected chi connectivity index (χ2v) is 10.7. The van der Waals surface area contributed by atoms with E-state index in [0.29, 0.717) is 32.1 Å². The van der Waals surface area contributed by atoms with Gasteiger partial charge in [-0.05, 0) is 37.8 Å². The lowest BCUT2D eigenvalue weighted by atomic mass is 10.0. The molecule has 0 amide bonds. The second kappa shape index (κ2) is 7.75. The molecule has 3 heterocycles. The van der Waals surface area contributed by atoms with Gasteiger partial charge in [-0.1, -0.05) is 19.1 Å². The number of aromatic nitrogens is 1. The van der Waals surface area contributed by atoms with Crippen LogP contribution in [0.5, 0.6) is 0 Å². The Bertz CT molecular complexity index is 857. The lowest BCUT2D eigenvalue weighted by Crippen LogP contribution is -2.54. The summed E-state index contributed by atoms with van der Waals surface area (Å²) in [7, 11) is -3.33. The highest BCUT2D eigenvalue weighted by Gasteiger charge is 2.35. The Labute approximate surface area is 166 Å². The Kier molecular flexibility index (Phi) is 5.53. The second-order valence-electron chi connectivity index (χ2n) is 7.74. The quantitative estimate of drug-likeness (QED) is 0.780. The first-order valence-electron chi connectivity index (χ1n) is 9.80. The van der Waals surface area contributed by atoms with E-state index in [9.17, 15) is 8.42 Å². The Morgan fingerprint density at radius 2 is 1.85 bits per heavy atom. The smallest absolute Gasteiger partial charge is 0.282 e. The number of hydrogen-bond donors (Lipinski definition) is 0. The maximum Gasteiger partial charge on any atom is 0.282 e. The molecule has 2 saturated heterocycles. The zero-order chi connectivity index (χ0) is 19.0. The van der Waals surface area contributed by atoms with Gasteiger partial charge in [0.1, 0.15) is 5.01 Å². The maximum atomic E-state index is 13.0. The molecular formula is C19H28N4O2S2. The Morgan fingerprint density at radius 1 is 1.11 bits per heavy atom. The fourth-order valence-corrected chi connectivity index (χ4v) is 6.87. The summed E-state index contributed by atoms with van der Waals surface area (Å²) in [5.74, 6) is 0.453. The Morgan fingerprint density at radius 3 is 2.56 bits per heavy atom. The van der Waals surface area contributed by atoms with Gasteiger partial charge in [-0.25, -0.2) is 4.98 Å². The zero-order valence-corrected chi connectivity index (χ0v) is 17.7. The monoisotopic (exact) mass is 408 g/mol. The topological polar surface area (TPSA) is 56.8 Å². The molecular weight excluding hydrogens is 380 g/mol. The summed E-state index contributed by atoms with van der Waals surface area (Å²) in [4.78, 5) is 7.12. The van der Waals surface area contributed by atoms with E-state index in [4.69, 9.17) is 4.98 Å². The molecule has 6 nitrogen and oxygen atoms in total. The minimum atomic E-state index is -3.33. The molecule has 2 fully saturated rings. The van der Waals surface area contributed by atoms with Crippen molar-refractivity contribution in [2.75, 3.05) is 39.3 Å². The molecule has 1 aromatic carbocycles. The fraction of sp³-hybridized carbons (Fsp3) is 0.632. The van der Waals surface area contributed by atoms with Gasteiger partial charge in [-0.15, -0.1) is 11.3 Å². The van der Waals surface area contributed by atoms with E-state index in [2.05, 4.69) is 24.8 Å². The molecule has 0 aliphatic carbocycles. The maximum absolute atomic E-state index is 13.0. The Balaban J connectivity index is 1.40. The van der Waals surface area contributed by atoms with E-state index in [1.165, 1.54) is 4.70 Å². The number of nitrogens with zero attached hydrogens (tertiary/aromatic N) is 4. The number of fused-ring (bicyclic) bond motifs is 1. The van der Waals surface area contributed by atoms with Gasteiger partial charge in [0.05, 0.1) is 16.3 Å². The number of benzene rings is 1. The normalized spacial score (nSPS) is 25.0. The molecule has 0 spiro atoms. The highest BCUT2D eigenvalue weighted by molar-refractivity contribution is 7.86. The van der Waals surface area contributed by atoms with Crippen molar-refractivity contribution in [1.82, 2.24) is 18.5 Å². The molecule has 2 aliphatic rings. The van der Waals surface area contributed by atoms with Crippen LogP contribution < -0.4 is 0 Å². The van der Waals surface area contributed by atoms with Crippen molar-refractivity contribution < 1.29 is 8.42 Å². The lowest BCUT2D eigenvalue weighted by molar-refractivity contribution is 0.138. The van der Waals surface area contributed by atoms with Crippen LogP contribution in [-0.4, -0.2) is 66.2 Å². The molecule has 27 heavy (non-hydrogen) atoms. The summed E-state index contributed by atoms with van der Waals surface area (Å²) in [6.45, 7) is 8.25. The van der Waals surface area contributed by atoms with Gasteiger partial charge in [-0.3, -0.25) is 4.90 Å². The Hall–Kier alpha value is -1.06. The first-order chi connectivity index (χ1) is 12.9. The average molecular weight is 409 g/mol. The number of rotatable bonds is 4. The number of piperazine rings is 1. The summed E-state index contributed by atoms with van der Waals surface area (Å²) < 4.78 is 30.5. The van der Waals surface area contributed by atoms with Crippen LogP contribution in [0.3, 0.4) is 0 Å². The minimum absolute atomic E-state index is 0.210. The molecule has 2 atom stereocenters. The first kappa shape index (κ1) is 19.3. The van der Waals surface area contributed by atoms with Gasteiger partial charge in [0.15, 0.2) is 0 Å². The van der Waals surface area contributed by atoms with Crippen molar-refractivity contribution in [3.05, 3.63) is 29.3 Å². The zero-order valence-electron chi connectivity index (χ0n) is 16.0. The predicted octanol–water partition coefficient (Wildman–Crippen LogP) is 2.95. The van der Waals surface area contributed by atoms with E-state index >= 15 is 0 Å². The molecule has 1 aromatic heterocycles. The molecule has 148 valence electrons. The van der Waals surface area contributed by atoms with Gasteiger partial charge in [-0.2, -0.15) is 17.0 Å². The van der Waals surface area contributed by atoms with Crippen LogP contribution >= 0.6 is 11.3 Å². The van der Waals surface area contributed by atoms with Crippen molar-refractivity contribution in [3.8, 4) is 0 Å². The molecule has 2 aliphatic heterocycles. The third-order valence-electron chi connectivity index (χ3n) is 5.76. The lowest BCUT2D eigenvalue weighted by Gasteiger charge is -2.40. The van der Waals surface area contributed by atoms with E-state index in [1.54, 1.807) is 19.9 Å². The van der Waals surface area contributed by atoms with Crippen LogP contribution in [-0.2, 0) is 10.2 Å². The number of thiazole rings is 1. The molecule has 2 unspecified atom stereocenters. The van der Waals surface area contributed by atoms with E-state index < -0.39 is 10.2 Å². The van der Waals surface area contributed by atoms with Gasteiger partial charge in [0.25, 0.3) is 10.2 Å². The summed E-state index contributed by atoms with van der Waals surface area (Å²) in [6, 6.07) is 8.42. The molecule has 8 heteroatoms. The van der Waals surface area contributed by atoms with Crippen molar-refractivity contribution >= 4 is 31.8 Å². The van der Waals surface area contributed by atoms with Gasteiger partial charge < -0.3 is 0 Å². The number of hydrogen-bond acceptors (Lipinski definition) is 5. The van der Waals surface area contributed by atoms with Crippen LogP contribution in [0.2, 0.25) is 0 Å². The van der Waals surface area contributed by atoms with Gasteiger partial charge >= 0.3 is 0 Å². The minimum Gasteiger partial charge on any atom is -0.292 e. The van der Waals surface area contributed by atoms with E-state index in [-0.39, 0.29) is 6.04 Å². The first-order valence-corrected chi connectivity index (χ1v) is 12.0. The number of piperidine rings is 1. The molecule has 0 N–H and O–H groups in total. The van der Waals surface area contributed by atoms with E-state index in [1.807, 2.05) is 18.2 Å². The summed E-state index contributed by atoms with van der Waals surface area (Å²) >= 11 is 1.74. The highest BCUT2D eigenvalue weighted by atomic mass is 32.2. The fourth-order valence-electron chi connectivity index (χ4n) is 4.07. The largest absolute Gasteiger partial charge is 0.292 e. The molecule has 4 rings (SSSR count). The average Bonchev–Trinajstić information content (AvgIpc) is 3.12. The SMILES string of the molecule is CC1CCCN(S(=O)(=O)N2CCN(C(C)c3nc4ccccc4s3)CC2)C1. The van der Waals surface area contributed by atoms with Gasteiger partial charge in [0.2, 0.25) is 0 Å². The standard InChI is InChI=1S/C19H28N4O2S2/c1-15-6-5-9-23(14-15)27(24,25)22-12-10-21(11-13-22)16(2)19-20-17-7-3-4-8-18(17)26-19/h3-4,7-8,15-16H,5-6,9-14H2,1-2H3. The third kappa shape index (κ3) is 3.91. The van der Waals surface area contributed by atoms with Crippen molar-refractivity contribution in [2.24, 2.45) is 5.92 Å². The van der Waals surface area contributed by atoms with Crippen LogP contribution in [0.4, 0.5) is 0 Å². The van der Waals surface area contributed by atoms with Crippen LogP contribution in [0, 0.1) is 5.92 Å². The van der Waals surface area contributed by atoms with Crippen LogP contribution in [0.1, 0.15) is 37.7 Å². The van der Waals surface area contributed by atoms with Gasteiger partial charge in [0, 0.05) is 39.3 Å². The molecule has 0 radical (unpaired) electrons. The predicted molar refractivity (Wildman–Crippen MR) is 110 cm³/mol. The molecule has 0 saturated carbocycles.